The average molecular weight is 314 g/mol. The Bertz CT molecular complexity index is 660. The first-order valence-corrected chi connectivity index (χ1v) is 8.39. The number of rotatable bonds is 2. The molecule has 1 aliphatic heterocycles. The largest absolute Gasteiger partial charge is 0.336 e. The van der Waals surface area contributed by atoms with Crippen LogP contribution in [0.25, 0.3) is 0 Å². The summed E-state index contributed by atoms with van der Waals surface area (Å²) in [6.07, 6.45) is 1.96. The van der Waals surface area contributed by atoms with Crippen LogP contribution in [0.1, 0.15) is 37.0 Å². The second kappa shape index (κ2) is 5.73. The van der Waals surface area contributed by atoms with E-state index < -0.39 is 20.7 Å². The van der Waals surface area contributed by atoms with E-state index in [4.69, 9.17) is 5.14 Å². The highest BCUT2D eigenvalue weighted by Gasteiger charge is 2.29. The van der Waals surface area contributed by atoms with Gasteiger partial charge in [0.05, 0.1) is 0 Å². The Labute approximate surface area is 124 Å². The third-order valence-corrected chi connectivity index (χ3v) is 5.05. The van der Waals surface area contributed by atoms with Gasteiger partial charge in [-0.25, -0.2) is 17.9 Å². The number of halogens is 1. The highest BCUT2D eigenvalue weighted by Crippen LogP contribution is 2.25. The predicted octanol–water partition coefficient (Wildman–Crippen LogP) is 1.73. The SMILES string of the molecule is CC1CCCN(C(=O)c2ccc(F)c(S(N)(=O)=O)c2)C1C. The van der Waals surface area contributed by atoms with Crippen LogP contribution in [0.3, 0.4) is 0 Å². The molecule has 1 fully saturated rings. The van der Waals surface area contributed by atoms with Crippen LogP contribution in [-0.4, -0.2) is 31.8 Å². The van der Waals surface area contributed by atoms with Crippen LogP contribution < -0.4 is 5.14 Å². The highest BCUT2D eigenvalue weighted by molar-refractivity contribution is 7.89. The van der Waals surface area contributed by atoms with Gasteiger partial charge in [0.2, 0.25) is 10.0 Å². The molecule has 0 saturated carbocycles. The molecule has 2 atom stereocenters. The molecule has 0 radical (unpaired) electrons. The Balaban J connectivity index is 2.36. The Kier molecular flexibility index (Phi) is 4.34. The van der Waals surface area contributed by atoms with Crippen molar-refractivity contribution in [2.24, 2.45) is 11.1 Å². The number of carbonyl (C=O) groups excluding carboxylic acids is 1. The van der Waals surface area contributed by atoms with Crippen LogP contribution in [0.2, 0.25) is 0 Å². The molecule has 2 N–H and O–H groups in total. The first kappa shape index (κ1) is 15.9. The number of hydrogen-bond donors (Lipinski definition) is 1. The standard InChI is InChI=1S/C14H19FN2O3S/c1-9-4-3-7-17(10(9)2)14(18)11-5-6-12(15)13(8-11)21(16,19)20/h5-6,8-10H,3-4,7H2,1-2H3,(H2,16,19,20). The molecule has 1 amide bonds. The van der Waals surface area contributed by atoms with Crippen LogP contribution in [0.5, 0.6) is 0 Å². The van der Waals surface area contributed by atoms with Crippen molar-refractivity contribution in [1.82, 2.24) is 4.90 Å². The van der Waals surface area contributed by atoms with Crippen LogP contribution in [-0.2, 0) is 10.0 Å². The maximum atomic E-state index is 13.5. The number of likely N-dealkylation sites (tertiary alicyclic amines) is 1. The number of carbonyl (C=O) groups is 1. The van der Waals surface area contributed by atoms with Gasteiger partial charge < -0.3 is 4.90 Å². The van der Waals surface area contributed by atoms with E-state index in [-0.39, 0.29) is 17.5 Å². The van der Waals surface area contributed by atoms with Crippen LogP contribution in [0.15, 0.2) is 23.1 Å². The number of amides is 1. The van der Waals surface area contributed by atoms with E-state index in [0.29, 0.717) is 12.5 Å². The molecular weight excluding hydrogens is 295 g/mol. The first-order chi connectivity index (χ1) is 9.71. The molecule has 116 valence electrons. The summed E-state index contributed by atoms with van der Waals surface area (Å²) in [6, 6.07) is 3.33. The molecular formula is C14H19FN2O3S. The quantitative estimate of drug-likeness (QED) is 0.902. The van der Waals surface area contributed by atoms with Crippen molar-refractivity contribution in [1.29, 1.82) is 0 Å². The summed E-state index contributed by atoms with van der Waals surface area (Å²) in [5.74, 6) is -0.867. The minimum absolute atomic E-state index is 0.0641. The van der Waals surface area contributed by atoms with Crippen LogP contribution >= 0.6 is 0 Å². The lowest BCUT2D eigenvalue weighted by molar-refractivity contribution is 0.0550. The summed E-state index contributed by atoms with van der Waals surface area (Å²) in [5, 5.41) is 4.96. The van der Waals surface area contributed by atoms with Gasteiger partial charge in [-0.3, -0.25) is 4.79 Å². The lowest BCUT2D eigenvalue weighted by Gasteiger charge is -2.38. The van der Waals surface area contributed by atoms with Crippen molar-refractivity contribution in [3.05, 3.63) is 29.6 Å². The zero-order valence-corrected chi connectivity index (χ0v) is 12.9. The Morgan fingerprint density at radius 3 is 2.67 bits per heavy atom. The highest BCUT2D eigenvalue weighted by atomic mass is 32.2. The van der Waals surface area contributed by atoms with Crippen LogP contribution in [0.4, 0.5) is 4.39 Å². The zero-order valence-electron chi connectivity index (χ0n) is 12.0. The number of piperidine rings is 1. The van der Waals surface area contributed by atoms with Gasteiger partial charge in [0.25, 0.3) is 5.91 Å². The topological polar surface area (TPSA) is 80.5 Å². The molecule has 21 heavy (non-hydrogen) atoms. The molecule has 0 spiro atoms. The normalized spacial score (nSPS) is 23.1. The summed E-state index contributed by atoms with van der Waals surface area (Å²) in [6.45, 7) is 4.66. The summed E-state index contributed by atoms with van der Waals surface area (Å²) in [5.41, 5.74) is 0.140. The molecule has 1 saturated heterocycles. The Morgan fingerprint density at radius 1 is 1.38 bits per heavy atom. The molecule has 0 bridgehead atoms. The smallest absolute Gasteiger partial charge is 0.254 e. The van der Waals surface area contributed by atoms with E-state index in [2.05, 4.69) is 6.92 Å². The van der Waals surface area contributed by atoms with Crippen molar-refractivity contribution < 1.29 is 17.6 Å². The number of nitrogens with zero attached hydrogens (tertiary/aromatic N) is 1. The third-order valence-electron chi connectivity index (χ3n) is 4.12. The van der Waals surface area contributed by atoms with Crippen molar-refractivity contribution in [2.45, 2.75) is 37.6 Å². The monoisotopic (exact) mass is 314 g/mol. The Hall–Kier alpha value is -1.47. The average Bonchev–Trinajstić information content (AvgIpc) is 2.40. The summed E-state index contributed by atoms with van der Waals surface area (Å²) in [4.78, 5) is 13.6. The van der Waals surface area contributed by atoms with Gasteiger partial charge in [0, 0.05) is 18.2 Å². The second-order valence-corrected chi connectivity index (χ2v) is 7.08. The molecule has 1 aliphatic rings. The third kappa shape index (κ3) is 3.24. The molecule has 1 aromatic carbocycles. The van der Waals surface area contributed by atoms with Gasteiger partial charge in [-0.2, -0.15) is 0 Å². The number of hydrogen-bond acceptors (Lipinski definition) is 3. The first-order valence-electron chi connectivity index (χ1n) is 6.85. The maximum Gasteiger partial charge on any atom is 0.254 e. The van der Waals surface area contributed by atoms with Crippen molar-refractivity contribution >= 4 is 15.9 Å². The second-order valence-electron chi connectivity index (χ2n) is 5.55. The van der Waals surface area contributed by atoms with Gasteiger partial charge in [-0.15, -0.1) is 0 Å². The molecule has 0 aliphatic carbocycles. The van der Waals surface area contributed by atoms with Gasteiger partial charge in [0.1, 0.15) is 10.7 Å². The van der Waals surface area contributed by atoms with Crippen molar-refractivity contribution in [3.63, 3.8) is 0 Å². The molecule has 0 aromatic heterocycles. The van der Waals surface area contributed by atoms with Gasteiger partial charge >= 0.3 is 0 Å². The lowest BCUT2D eigenvalue weighted by atomic mass is 9.91. The molecule has 5 nitrogen and oxygen atoms in total. The van der Waals surface area contributed by atoms with Crippen LogP contribution in [0, 0.1) is 11.7 Å². The van der Waals surface area contributed by atoms with E-state index in [0.717, 1.165) is 25.0 Å². The number of primary sulfonamides is 1. The minimum atomic E-state index is -4.19. The fraction of sp³-hybridized carbons (Fsp3) is 0.500. The molecule has 2 unspecified atom stereocenters. The summed E-state index contributed by atoms with van der Waals surface area (Å²) in [7, 11) is -4.19. The lowest BCUT2D eigenvalue weighted by Crippen LogP contribution is -2.46. The predicted molar refractivity (Wildman–Crippen MR) is 76.7 cm³/mol. The maximum absolute atomic E-state index is 13.5. The molecule has 7 heteroatoms. The summed E-state index contributed by atoms with van der Waals surface area (Å²) >= 11 is 0. The van der Waals surface area contributed by atoms with Gasteiger partial charge in [-0.05, 0) is 43.9 Å². The van der Waals surface area contributed by atoms with E-state index >= 15 is 0 Å². The fourth-order valence-corrected chi connectivity index (χ4v) is 3.27. The molecule has 1 heterocycles. The molecule has 2 rings (SSSR count). The summed E-state index contributed by atoms with van der Waals surface area (Å²) < 4.78 is 36.2. The molecule has 1 aromatic rings. The number of benzene rings is 1. The van der Waals surface area contributed by atoms with Crippen molar-refractivity contribution in [2.75, 3.05) is 6.54 Å². The van der Waals surface area contributed by atoms with E-state index in [1.54, 1.807) is 4.90 Å². The minimum Gasteiger partial charge on any atom is -0.336 e. The fourth-order valence-electron chi connectivity index (χ4n) is 2.64. The van der Waals surface area contributed by atoms with Gasteiger partial charge in [0.15, 0.2) is 0 Å². The van der Waals surface area contributed by atoms with E-state index in [9.17, 15) is 17.6 Å². The van der Waals surface area contributed by atoms with Gasteiger partial charge in [-0.1, -0.05) is 6.92 Å². The Morgan fingerprint density at radius 2 is 2.05 bits per heavy atom. The van der Waals surface area contributed by atoms with E-state index in [1.807, 2.05) is 6.92 Å². The number of nitrogens with two attached hydrogens (primary N) is 1. The van der Waals surface area contributed by atoms with E-state index in [1.165, 1.54) is 6.07 Å². The van der Waals surface area contributed by atoms with Crippen molar-refractivity contribution in [3.8, 4) is 0 Å². The zero-order chi connectivity index (χ0) is 15.8. The number of sulfonamides is 1.